The number of hydrogen-bond donors (Lipinski definition) is 1. The van der Waals surface area contributed by atoms with Crippen molar-refractivity contribution >= 4 is 38.9 Å². The van der Waals surface area contributed by atoms with Gasteiger partial charge in [-0.15, -0.1) is 11.3 Å². The lowest BCUT2D eigenvalue weighted by Gasteiger charge is -2.20. The molecule has 0 spiro atoms. The summed E-state index contributed by atoms with van der Waals surface area (Å²) in [5, 5.41) is 10.7. The van der Waals surface area contributed by atoms with Gasteiger partial charge in [0.05, 0.1) is 23.0 Å². The molecule has 0 aliphatic rings. The first-order chi connectivity index (χ1) is 9.04. The van der Waals surface area contributed by atoms with Crippen LogP contribution >= 0.6 is 38.9 Å². The molecule has 104 valence electrons. The number of nitrogens with one attached hydrogen (secondary N) is 1. The smallest absolute Gasteiger partial charge is 0.0857 e. The van der Waals surface area contributed by atoms with Crippen LogP contribution in [0.15, 0.2) is 22.1 Å². The quantitative estimate of drug-likeness (QED) is 0.839. The van der Waals surface area contributed by atoms with Crippen LogP contribution in [0.1, 0.15) is 43.4 Å². The molecule has 0 radical (unpaired) electrons. The van der Waals surface area contributed by atoms with Gasteiger partial charge in [-0.3, -0.25) is 4.68 Å². The van der Waals surface area contributed by atoms with E-state index in [1.54, 1.807) is 17.5 Å². The van der Waals surface area contributed by atoms with Crippen molar-refractivity contribution in [2.24, 2.45) is 0 Å². The maximum atomic E-state index is 6.35. The average molecular weight is 363 g/mol. The van der Waals surface area contributed by atoms with Gasteiger partial charge in [-0.05, 0) is 42.4 Å². The predicted molar refractivity (Wildman–Crippen MR) is 85.2 cm³/mol. The fourth-order valence-electron chi connectivity index (χ4n) is 2.05. The van der Waals surface area contributed by atoms with Crippen molar-refractivity contribution < 1.29 is 0 Å². The molecule has 1 unspecified atom stereocenters. The van der Waals surface area contributed by atoms with Crippen molar-refractivity contribution in [3.05, 3.63) is 37.7 Å². The monoisotopic (exact) mass is 361 g/mol. The molecule has 0 fully saturated rings. The summed E-state index contributed by atoms with van der Waals surface area (Å²) in [7, 11) is 0. The SMILES string of the molecule is CCNC(c1cc(Br)cs1)c1c(Cl)cnn1C(C)C. The Morgan fingerprint density at radius 2 is 2.26 bits per heavy atom. The summed E-state index contributed by atoms with van der Waals surface area (Å²) in [6, 6.07) is 2.50. The first kappa shape index (κ1) is 15.0. The van der Waals surface area contributed by atoms with Gasteiger partial charge >= 0.3 is 0 Å². The zero-order valence-electron chi connectivity index (χ0n) is 11.2. The highest BCUT2D eigenvalue weighted by Gasteiger charge is 2.23. The van der Waals surface area contributed by atoms with Crippen LogP contribution in [-0.4, -0.2) is 16.3 Å². The Morgan fingerprint density at radius 3 is 2.79 bits per heavy atom. The number of hydrogen-bond acceptors (Lipinski definition) is 3. The van der Waals surface area contributed by atoms with Gasteiger partial charge in [-0.2, -0.15) is 5.10 Å². The van der Waals surface area contributed by atoms with Crippen LogP contribution in [-0.2, 0) is 0 Å². The van der Waals surface area contributed by atoms with Crippen LogP contribution in [0, 0.1) is 0 Å². The van der Waals surface area contributed by atoms with E-state index in [4.69, 9.17) is 11.6 Å². The van der Waals surface area contributed by atoms with Crippen LogP contribution in [0.5, 0.6) is 0 Å². The number of halogens is 2. The van der Waals surface area contributed by atoms with Gasteiger partial charge in [0.25, 0.3) is 0 Å². The van der Waals surface area contributed by atoms with Gasteiger partial charge in [-0.1, -0.05) is 18.5 Å². The Kier molecular flexibility index (Phi) is 5.06. The van der Waals surface area contributed by atoms with E-state index >= 15 is 0 Å². The first-order valence-corrected chi connectivity index (χ1v) is 8.29. The van der Waals surface area contributed by atoms with Crippen LogP contribution in [0.3, 0.4) is 0 Å². The predicted octanol–water partition coefficient (Wildman–Crippen LogP) is 4.64. The van der Waals surface area contributed by atoms with Crippen molar-refractivity contribution in [1.82, 2.24) is 15.1 Å². The van der Waals surface area contributed by atoms with Gasteiger partial charge in [0.2, 0.25) is 0 Å². The van der Waals surface area contributed by atoms with Crippen molar-refractivity contribution in [3.63, 3.8) is 0 Å². The highest BCUT2D eigenvalue weighted by atomic mass is 79.9. The van der Waals surface area contributed by atoms with E-state index in [-0.39, 0.29) is 12.1 Å². The van der Waals surface area contributed by atoms with Crippen molar-refractivity contribution in [2.45, 2.75) is 32.9 Å². The summed E-state index contributed by atoms with van der Waals surface area (Å²) in [6.07, 6.45) is 1.73. The highest BCUT2D eigenvalue weighted by molar-refractivity contribution is 9.10. The highest BCUT2D eigenvalue weighted by Crippen LogP contribution is 2.34. The summed E-state index contributed by atoms with van der Waals surface area (Å²) in [5.41, 5.74) is 1.04. The molecule has 0 aliphatic heterocycles. The summed E-state index contributed by atoms with van der Waals surface area (Å²) in [6.45, 7) is 7.19. The molecular weight excluding hydrogens is 346 g/mol. The van der Waals surface area contributed by atoms with E-state index in [0.717, 1.165) is 16.7 Å². The van der Waals surface area contributed by atoms with Crippen LogP contribution in [0.4, 0.5) is 0 Å². The van der Waals surface area contributed by atoms with E-state index in [1.165, 1.54) is 4.88 Å². The lowest BCUT2D eigenvalue weighted by atomic mass is 10.1. The van der Waals surface area contributed by atoms with E-state index in [0.29, 0.717) is 5.02 Å². The maximum Gasteiger partial charge on any atom is 0.0857 e. The fourth-order valence-corrected chi connectivity index (χ4v) is 3.81. The first-order valence-electron chi connectivity index (χ1n) is 6.24. The summed E-state index contributed by atoms with van der Waals surface area (Å²) in [5.74, 6) is 0. The molecular formula is C13H17BrClN3S. The Bertz CT molecular complexity index is 550. The number of nitrogens with zero attached hydrogens (tertiary/aromatic N) is 2. The summed E-state index contributed by atoms with van der Waals surface area (Å²) in [4.78, 5) is 1.23. The van der Waals surface area contributed by atoms with Gasteiger partial charge in [0, 0.05) is 20.8 Å². The zero-order valence-corrected chi connectivity index (χ0v) is 14.3. The molecule has 0 amide bonds. The molecule has 0 bridgehead atoms. The molecule has 2 rings (SSSR count). The molecule has 3 nitrogen and oxygen atoms in total. The summed E-state index contributed by atoms with van der Waals surface area (Å²) >= 11 is 11.6. The van der Waals surface area contributed by atoms with Gasteiger partial charge in [-0.25, -0.2) is 0 Å². The molecule has 1 atom stereocenters. The minimum Gasteiger partial charge on any atom is -0.305 e. The minimum absolute atomic E-state index is 0.0821. The minimum atomic E-state index is 0.0821. The maximum absolute atomic E-state index is 6.35. The molecule has 0 aromatic carbocycles. The molecule has 2 aromatic rings. The third-order valence-electron chi connectivity index (χ3n) is 2.83. The Balaban J connectivity index is 2.47. The molecule has 0 saturated heterocycles. The molecule has 6 heteroatoms. The van der Waals surface area contributed by atoms with Crippen LogP contribution in [0.2, 0.25) is 5.02 Å². The lowest BCUT2D eigenvalue weighted by molar-refractivity contribution is 0.478. The fraction of sp³-hybridized carbons (Fsp3) is 0.462. The van der Waals surface area contributed by atoms with Gasteiger partial charge in [0.1, 0.15) is 0 Å². The number of thiophene rings is 1. The summed E-state index contributed by atoms with van der Waals surface area (Å²) < 4.78 is 3.09. The van der Waals surface area contributed by atoms with Crippen molar-refractivity contribution in [3.8, 4) is 0 Å². The molecule has 2 aromatic heterocycles. The second-order valence-corrected chi connectivity index (χ2v) is 6.84. The average Bonchev–Trinajstić information content (AvgIpc) is 2.93. The third kappa shape index (κ3) is 3.21. The van der Waals surface area contributed by atoms with E-state index in [2.05, 4.69) is 58.6 Å². The normalized spacial score (nSPS) is 13.2. The zero-order chi connectivity index (χ0) is 14.0. The largest absolute Gasteiger partial charge is 0.305 e. The van der Waals surface area contributed by atoms with Crippen molar-refractivity contribution in [2.75, 3.05) is 6.54 Å². The van der Waals surface area contributed by atoms with Gasteiger partial charge in [0.15, 0.2) is 0 Å². The number of rotatable bonds is 5. The van der Waals surface area contributed by atoms with Gasteiger partial charge < -0.3 is 5.32 Å². The molecule has 1 N–H and O–H groups in total. The molecule has 19 heavy (non-hydrogen) atoms. The van der Waals surface area contributed by atoms with Crippen molar-refractivity contribution in [1.29, 1.82) is 0 Å². The molecule has 0 aliphatic carbocycles. The van der Waals surface area contributed by atoms with E-state index in [1.807, 2.05) is 4.68 Å². The van der Waals surface area contributed by atoms with Crippen LogP contribution < -0.4 is 5.32 Å². The molecule has 0 saturated carbocycles. The van der Waals surface area contributed by atoms with Crippen LogP contribution in [0.25, 0.3) is 0 Å². The number of aromatic nitrogens is 2. The topological polar surface area (TPSA) is 29.9 Å². The second-order valence-electron chi connectivity index (χ2n) is 4.57. The second kappa shape index (κ2) is 6.39. The van der Waals surface area contributed by atoms with E-state index < -0.39 is 0 Å². The van der Waals surface area contributed by atoms with E-state index in [9.17, 15) is 0 Å². The Hall–Kier alpha value is -0.360. The molecule has 2 heterocycles. The Labute approximate surface area is 131 Å². The third-order valence-corrected chi connectivity index (χ3v) is 4.88. The lowest BCUT2D eigenvalue weighted by Crippen LogP contribution is -2.25. The Morgan fingerprint density at radius 1 is 1.53 bits per heavy atom. The standard InChI is InChI=1S/C13H17BrClN3S/c1-4-16-12(11-5-9(14)7-19-11)13-10(15)6-17-18(13)8(2)3/h5-8,12,16H,4H2,1-3H3.